The Bertz CT molecular complexity index is 412. The molecule has 2 saturated heterocycles. The number of rotatable bonds is 2. The number of hydrogen-bond donors (Lipinski definition) is 0. The second-order valence-electron chi connectivity index (χ2n) is 5.18. The third-order valence-corrected chi connectivity index (χ3v) is 3.97. The maximum atomic E-state index is 12.0. The molecule has 3 nitrogen and oxygen atoms in total. The Balaban J connectivity index is 1.70. The molecular formula is C15H19NO2. The molecule has 2 atom stereocenters. The van der Waals surface area contributed by atoms with Crippen LogP contribution in [-0.2, 0) is 9.53 Å². The SMILES string of the molecule is O=C1OC(c2ccccc2)CC1N1CCCCC1. The van der Waals surface area contributed by atoms with Crippen LogP contribution in [0.25, 0.3) is 0 Å². The van der Waals surface area contributed by atoms with Crippen LogP contribution < -0.4 is 0 Å². The van der Waals surface area contributed by atoms with Crippen molar-refractivity contribution in [2.75, 3.05) is 13.1 Å². The van der Waals surface area contributed by atoms with Crippen LogP contribution >= 0.6 is 0 Å². The van der Waals surface area contributed by atoms with Gasteiger partial charge in [-0.05, 0) is 31.5 Å². The van der Waals surface area contributed by atoms with E-state index in [9.17, 15) is 4.79 Å². The van der Waals surface area contributed by atoms with Crippen molar-refractivity contribution in [2.45, 2.75) is 37.8 Å². The molecule has 96 valence electrons. The van der Waals surface area contributed by atoms with Crippen molar-refractivity contribution in [3.63, 3.8) is 0 Å². The summed E-state index contributed by atoms with van der Waals surface area (Å²) in [6, 6.07) is 10.0. The number of nitrogens with zero attached hydrogens (tertiary/aromatic N) is 1. The highest BCUT2D eigenvalue weighted by molar-refractivity contribution is 5.78. The molecule has 0 spiro atoms. The van der Waals surface area contributed by atoms with Gasteiger partial charge in [-0.3, -0.25) is 9.69 Å². The van der Waals surface area contributed by atoms with E-state index in [1.54, 1.807) is 0 Å². The number of hydrogen-bond acceptors (Lipinski definition) is 3. The lowest BCUT2D eigenvalue weighted by molar-refractivity contribution is -0.145. The fraction of sp³-hybridized carbons (Fsp3) is 0.533. The Morgan fingerprint density at radius 2 is 1.78 bits per heavy atom. The van der Waals surface area contributed by atoms with Crippen LogP contribution in [0.3, 0.4) is 0 Å². The van der Waals surface area contributed by atoms with Gasteiger partial charge < -0.3 is 4.74 Å². The van der Waals surface area contributed by atoms with Crippen molar-refractivity contribution in [3.05, 3.63) is 35.9 Å². The lowest BCUT2D eigenvalue weighted by atomic mass is 10.0. The largest absolute Gasteiger partial charge is 0.456 e. The number of ether oxygens (including phenoxy) is 1. The van der Waals surface area contributed by atoms with E-state index in [4.69, 9.17) is 4.74 Å². The fourth-order valence-corrected chi connectivity index (χ4v) is 2.97. The Kier molecular flexibility index (Phi) is 3.33. The Hall–Kier alpha value is -1.35. The van der Waals surface area contributed by atoms with Crippen LogP contribution in [-0.4, -0.2) is 30.0 Å². The first kappa shape index (κ1) is 11.7. The number of carbonyl (C=O) groups is 1. The maximum Gasteiger partial charge on any atom is 0.324 e. The lowest BCUT2D eigenvalue weighted by Crippen LogP contribution is -2.41. The van der Waals surface area contributed by atoms with Gasteiger partial charge in [-0.1, -0.05) is 36.8 Å². The highest BCUT2D eigenvalue weighted by Crippen LogP contribution is 2.33. The third-order valence-electron chi connectivity index (χ3n) is 3.97. The van der Waals surface area contributed by atoms with E-state index in [0.717, 1.165) is 25.1 Å². The van der Waals surface area contributed by atoms with E-state index in [-0.39, 0.29) is 18.1 Å². The second kappa shape index (κ2) is 5.11. The van der Waals surface area contributed by atoms with E-state index < -0.39 is 0 Å². The molecule has 18 heavy (non-hydrogen) atoms. The van der Waals surface area contributed by atoms with Crippen molar-refractivity contribution in [1.82, 2.24) is 4.90 Å². The molecule has 0 saturated carbocycles. The van der Waals surface area contributed by atoms with Gasteiger partial charge in [-0.15, -0.1) is 0 Å². The summed E-state index contributed by atoms with van der Waals surface area (Å²) in [7, 11) is 0. The summed E-state index contributed by atoms with van der Waals surface area (Å²) in [6.07, 6.45) is 4.47. The van der Waals surface area contributed by atoms with E-state index in [1.165, 1.54) is 19.3 Å². The first-order chi connectivity index (χ1) is 8.84. The number of carbonyl (C=O) groups excluding carboxylic acids is 1. The summed E-state index contributed by atoms with van der Waals surface area (Å²) in [5.74, 6) is -0.0363. The van der Waals surface area contributed by atoms with E-state index in [2.05, 4.69) is 4.90 Å². The highest BCUT2D eigenvalue weighted by atomic mass is 16.6. The summed E-state index contributed by atoms with van der Waals surface area (Å²) in [5.41, 5.74) is 1.12. The van der Waals surface area contributed by atoms with Gasteiger partial charge >= 0.3 is 5.97 Å². The minimum atomic E-state index is -0.0503. The Morgan fingerprint density at radius 1 is 1.06 bits per heavy atom. The number of cyclic esters (lactones) is 1. The molecule has 2 unspecified atom stereocenters. The van der Waals surface area contributed by atoms with Crippen LogP contribution in [0, 0.1) is 0 Å². The van der Waals surface area contributed by atoms with Crippen LogP contribution in [0.4, 0.5) is 0 Å². The van der Waals surface area contributed by atoms with Crippen LogP contribution in [0.1, 0.15) is 37.4 Å². The van der Waals surface area contributed by atoms with Gasteiger partial charge in [-0.25, -0.2) is 0 Å². The molecule has 1 aromatic rings. The smallest absolute Gasteiger partial charge is 0.324 e. The van der Waals surface area contributed by atoms with Crippen LogP contribution in [0.2, 0.25) is 0 Å². The summed E-state index contributed by atoms with van der Waals surface area (Å²) >= 11 is 0. The third kappa shape index (κ3) is 2.27. The maximum absolute atomic E-state index is 12.0. The van der Waals surface area contributed by atoms with Gasteiger partial charge in [0.1, 0.15) is 12.1 Å². The van der Waals surface area contributed by atoms with Crippen molar-refractivity contribution < 1.29 is 9.53 Å². The average Bonchev–Trinajstić information content (AvgIpc) is 2.83. The standard InChI is InChI=1S/C15H19NO2/c17-15-13(16-9-5-2-6-10-16)11-14(18-15)12-7-3-1-4-8-12/h1,3-4,7-8,13-14H,2,5-6,9-11H2. The Labute approximate surface area is 108 Å². The zero-order valence-electron chi connectivity index (χ0n) is 10.5. The molecule has 2 heterocycles. The minimum Gasteiger partial charge on any atom is -0.456 e. The molecule has 1 aromatic carbocycles. The number of likely N-dealkylation sites (tertiary alicyclic amines) is 1. The lowest BCUT2D eigenvalue weighted by Gasteiger charge is -2.29. The van der Waals surface area contributed by atoms with Crippen molar-refractivity contribution in [1.29, 1.82) is 0 Å². The highest BCUT2D eigenvalue weighted by Gasteiger charge is 2.39. The van der Waals surface area contributed by atoms with Crippen molar-refractivity contribution in [2.24, 2.45) is 0 Å². The molecule has 0 radical (unpaired) electrons. The van der Waals surface area contributed by atoms with E-state index in [0.29, 0.717) is 0 Å². The fourth-order valence-electron chi connectivity index (χ4n) is 2.97. The topological polar surface area (TPSA) is 29.5 Å². The van der Waals surface area contributed by atoms with Gasteiger partial charge in [0.2, 0.25) is 0 Å². The van der Waals surface area contributed by atoms with Gasteiger partial charge in [0.15, 0.2) is 0 Å². The van der Waals surface area contributed by atoms with Gasteiger partial charge in [0, 0.05) is 6.42 Å². The zero-order chi connectivity index (χ0) is 12.4. The quantitative estimate of drug-likeness (QED) is 0.750. The molecule has 3 heteroatoms. The van der Waals surface area contributed by atoms with Crippen molar-refractivity contribution >= 4 is 5.97 Å². The first-order valence-corrected chi connectivity index (χ1v) is 6.84. The molecule has 0 aromatic heterocycles. The van der Waals surface area contributed by atoms with Gasteiger partial charge in [-0.2, -0.15) is 0 Å². The van der Waals surface area contributed by atoms with Crippen LogP contribution in [0.5, 0.6) is 0 Å². The molecule has 2 aliphatic heterocycles. The van der Waals surface area contributed by atoms with Gasteiger partial charge in [0.05, 0.1) is 0 Å². The molecular weight excluding hydrogens is 226 g/mol. The normalized spacial score (nSPS) is 29.2. The summed E-state index contributed by atoms with van der Waals surface area (Å²) in [5, 5.41) is 0. The summed E-state index contributed by atoms with van der Waals surface area (Å²) in [6.45, 7) is 2.09. The predicted octanol–water partition coefficient (Wildman–Crippen LogP) is 2.53. The molecule has 0 amide bonds. The Morgan fingerprint density at radius 3 is 2.50 bits per heavy atom. The average molecular weight is 245 g/mol. The summed E-state index contributed by atoms with van der Waals surface area (Å²) < 4.78 is 5.53. The minimum absolute atomic E-state index is 0.0180. The number of piperidine rings is 1. The monoisotopic (exact) mass is 245 g/mol. The van der Waals surface area contributed by atoms with Crippen LogP contribution in [0.15, 0.2) is 30.3 Å². The number of esters is 1. The van der Waals surface area contributed by atoms with Gasteiger partial charge in [0.25, 0.3) is 0 Å². The predicted molar refractivity (Wildman–Crippen MR) is 69.1 cm³/mol. The van der Waals surface area contributed by atoms with E-state index in [1.807, 2.05) is 30.3 Å². The summed E-state index contributed by atoms with van der Waals surface area (Å²) in [4.78, 5) is 14.3. The number of benzene rings is 1. The zero-order valence-corrected chi connectivity index (χ0v) is 10.5. The first-order valence-electron chi connectivity index (χ1n) is 6.84. The molecule has 0 N–H and O–H groups in total. The molecule has 2 fully saturated rings. The second-order valence-corrected chi connectivity index (χ2v) is 5.18. The van der Waals surface area contributed by atoms with Crippen molar-refractivity contribution in [3.8, 4) is 0 Å². The molecule has 2 aliphatic rings. The molecule has 0 aliphatic carbocycles. The molecule has 0 bridgehead atoms. The molecule has 3 rings (SSSR count). The van der Waals surface area contributed by atoms with E-state index >= 15 is 0 Å².